The number of hydrogen-bond donors (Lipinski definition) is 2. The van der Waals surface area contributed by atoms with Crippen molar-refractivity contribution >= 4 is 17.4 Å². The molecule has 3 rings (SSSR count). The van der Waals surface area contributed by atoms with Gasteiger partial charge in [0, 0.05) is 26.2 Å². The van der Waals surface area contributed by atoms with Gasteiger partial charge in [-0.2, -0.15) is 0 Å². The number of ether oxygens (including phenoxy) is 2. The minimum absolute atomic E-state index is 0.225. The number of nitrogens with one attached hydrogen (secondary N) is 2. The van der Waals surface area contributed by atoms with Crippen molar-refractivity contribution < 1.29 is 14.3 Å². The maximum absolute atomic E-state index is 12.4. The molecule has 1 aromatic carbocycles. The predicted molar refractivity (Wildman–Crippen MR) is 101 cm³/mol. The lowest BCUT2D eigenvalue weighted by molar-refractivity contribution is 0.0398. The first kappa shape index (κ1) is 18.2. The third-order valence-electron chi connectivity index (χ3n) is 4.21. The molecule has 1 amide bonds. The average molecular weight is 356 g/mol. The molecule has 1 fully saturated rings. The summed E-state index contributed by atoms with van der Waals surface area (Å²) in [5, 5.41) is 6.13. The van der Waals surface area contributed by atoms with Crippen LogP contribution in [0.25, 0.3) is 0 Å². The molecule has 0 aliphatic carbocycles. The van der Waals surface area contributed by atoms with Crippen molar-refractivity contribution in [3.63, 3.8) is 0 Å². The molecule has 1 aliphatic heterocycles. The van der Waals surface area contributed by atoms with Crippen molar-refractivity contribution in [2.75, 3.05) is 57.1 Å². The number of anilines is 2. The highest BCUT2D eigenvalue weighted by Crippen LogP contribution is 2.19. The second-order valence-electron chi connectivity index (χ2n) is 5.97. The molecule has 1 aliphatic rings. The molecule has 2 aromatic rings. The van der Waals surface area contributed by atoms with Gasteiger partial charge >= 0.3 is 0 Å². The topological polar surface area (TPSA) is 75.7 Å². The number of benzene rings is 1. The molecule has 0 unspecified atom stereocenters. The molecule has 0 spiro atoms. The molecule has 1 aromatic heterocycles. The van der Waals surface area contributed by atoms with Crippen molar-refractivity contribution in [3.8, 4) is 5.75 Å². The molecule has 2 N–H and O–H groups in total. The van der Waals surface area contributed by atoms with Gasteiger partial charge in [-0.3, -0.25) is 9.69 Å². The summed E-state index contributed by atoms with van der Waals surface area (Å²) in [6, 6.07) is 10.8. The van der Waals surface area contributed by atoms with Gasteiger partial charge in [0.25, 0.3) is 5.91 Å². The number of rotatable bonds is 7. The van der Waals surface area contributed by atoms with Gasteiger partial charge in [-0.15, -0.1) is 0 Å². The molecule has 7 heteroatoms. The maximum Gasteiger partial charge on any atom is 0.259 e. The highest BCUT2D eigenvalue weighted by molar-refractivity contribution is 6.06. The van der Waals surface area contributed by atoms with E-state index >= 15 is 0 Å². The SMILES string of the molecule is COc1ccccc1C(=O)Nc1ccc(NCCN2CCOCC2)nc1. The molecular formula is C19H24N4O3. The molecule has 1 saturated heterocycles. The summed E-state index contributed by atoms with van der Waals surface area (Å²) in [7, 11) is 1.55. The number of hydrogen-bond acceptors (Lipinski definition) is 6. The van der Waals surface area contributed by atoms with E-state index in [1.54, 1.807) is 31.5 Å². The zero-order valence-electron chi connectivity index (χ0n) is 14.9. The standard InChI is InChI=1S/C19H24N4O3/c1-25-17-5-3-2-4-16(17)19(24)22-15-6-7-18(21-14-15)20-8-9-23-10-12-26-13-11-23/h2-7,14H,8-13H2,1H3,(H,20,21)(H,22,24). The number of pyridine rings is 1. The summed E-state index contributed by atoms with van der Waals surface area (Å²) in [5.74, 6) is 1.10. The summed E-state index contributed by atoms with van der Waals surface area (Å²) in [6.07, 6.45) is 1.64. The van der Waals surface area contributed by atoms with Crippen LogP contribution in [0.5, 0.6) is 5.75 Å². The number of aromatic nitrogens is 1. The monoisotopic (exact) mass is 356 g/mol. The van der Waals surface area contributed by atoms with Crippen molar-refractivity contribution in [2.24, 2.45) is 0 Å². The van der Waals surface area contributed by atoms with Crippen LogP contribution >= 0.6 is 0 Å². The average Bonchev–Trinajstić information content (AvgIpc) is 2.70. The summed E-state index contributed by atoms with van der Waals surface area (Å²) in [5.41, 5.74) is 1.13. The summed E-state index contributed by atoms with van der Waals surface area (Å²) in [4.78, 5) is 19.1. The first-order chi connectivity index (χ1) is 12.8. The molecule has 0 radical (unpaired) electrons. The number of nitrogens with zero attached hydrogens (tertiary/aromatic N) is 2. The Kier molecular flexibility index (Phi) is 6.40. The maximum atomic E-state index is 12.4. The van der Waals surface area contributed by atoms with Gasteiger partial charge in [-0.1, -0.05) is 12.1 Å². The number of para-hydroxylation sites is 1. The summed E-state index contributed by atoms with van der Waals surface area (Å²) >= 11 is 0. The Balaban J connectivity index is 1.50. The fourth-order valence-corrected chi connectivity index (χ4v) is 2.77. The van der Waals surface area contributed by atoms with Crippen LogP contribution in [-0.4, -0.2) is 62.3 Å². The van der Waals surface area contributed by atoms with Crippen LogP contribution in [0.4, 0.5) is 11.5 Å². The minimum Gasteiger partial charge on any atom is -0.496 e. The van der Waals surface area contributed by atoms with Gasteiger partial charge in [0.2, 0.25) is 0 Å². The van der Waals surface area contributed by atoms with E-state index in [-0.39, 0.29) is 5.91 Å². The molecule has 26 heavy (non-hydrogen) atoms. The molecule has 0 saturated carbocycles. The van der Waals surface area contributed by atoms with E-state index in [9.17, 15) is 4.79 Å². The third-order valence-corrected chi connectivity index (χ3v) is 4.21. The lowest BCUT2D eigenvalue weighted by atomic mass is 10.2. The Hall–Kier alpha value is -2.64. The van der Waals surface area contributed by atoms with Gasteiger partial charge in [0.05, 0.1) is 37.8 Å². The van der Waals surface area contributed by atoms with E-state index in [0.717, 1.165) is 45.2 Å². The number of carbonyl (C=O) groups is 1. The quantitative estimate of drug-likeness (QED) is 0.791. The van der Waals surface area contributed by atoms with Crippen molar-refractivity contribution in [2.45, 2.75) is 0 Å². The van der Waals surface area contributed by atoms with Gasteiger partial charge in [-0.25, -0.2) is 4.98 Å². The Morgan fingerprint density at radius 2 is 2.04 bits per heavy atom. The Bertz CT molecular complexity index is 715. The number of carbonyl (C=O) groups excluding carboxylic acids is 1. The second kappa shape index (κ2) is 9.17. The Morgan fingerprint density at radius 1 is 1.23 bits per heavy atom. The molecule has 0 atom stereocenters. The van der Waals surface area contributed by atoms with Crippen molar-refractivity contribution in [3.05, 3.63) is 48.2 Å². The molecule has 7 nitrogen and oxygen atoms in total. The molecular weight excluding hydrogens is 332 g/mol. The lowest BCUT2D eigenvalue weighted by Gasteiger charge is -2.26. The zero-order valence-corrected chi connectivity index (χ0v) is 14.9. The van der Waals surface area contributed by atoms with Gasteiger partial charge < -0.3 is 20.1 Å². The van der Waals surface area contributed by atoms with E-state index in [0.29, 0.717) is 17.0 Å². The van der Waals surface area contributed by atoms with E-state index in [1.165, 1.54) is 0 Å². The van der Waals surface area contributed by atoms with E-state index in [2.05, 4.69) is 20.5 Å². The second-order valence-corrected chi connectivity index (χ2v) is 5.97. The zero-order chi connectivity index (χ0) is 18.2. The highest BCUT2D eigenvalue weighted by Gasteiger charge is 2.12. The lowest BCUT2D eigenvalue weighted by Crippen LogP contribution is -2.39. The normalized spacial score (nSPS) is 14.7. The van der Waals surface area contributed by atoms with Crippen LogP contribution in [0.15, 0.2) is 42.6 Å². The Morgan fingerprint density at radius 3 is 2.77 bits per heavy atom. The van der Waals surface area contributed by atoms with Crippen LogP contribution in [0.2, 0.25) is 0 Å². The number of morpholine rings is 1. The van der Waals surface area contributed by atoms with Crippen molar-refractivity contribution in [1.82, 2.24) is 9.88 Å². The highest BCUT2D eigenvalue weighted by atomic mass is 16.5. The Labute approximate surface area is 153 Å². The van der Waals surface area contributed by atoms with Gasteiger partial charge in [0.1, 0.15) is 11.6 Å². The summed E-state index contributed by atoms with van der Waals surface area (Å²) < 4.78 is 10.6. The third kappa shape index (κ3) is 4.93. The van der Waals surface area contributed by atoms with Crippen LogP contribution in [0.1, 0.15) is 10.4 Å². The van der Waals surface area contributed by atoms with Gasteiger partial charge in [0.15, 0.2) is 0 Å². The number of methoxy groups -OCH3 is 1. The van der Waals surface area contributed by atoms with Crippen LogP contribution in [0.3, 0.4) is 0 Å². The first-order valence-electron chi connectivity index (χ1n) is 8.70. The molecule has 0 bridgehead atoms. The predicted octanol–water partition coefficient (Wildman–Crippen LogP) is 2.09. The smallest absolute Gasteiger partial charge is 0.259 e. The molecule has 2 heterocycles. The van der Waals surface area contributed by atoms with E-state index in [1.807, 2.05) is 18.2 Å². The van der Waals surface area contributed by atoms with Crippen LogP contribution in [0, 0.1) is 0 Å². The first-order valence-corrected chi connectivity index (χ1v) is 8.70. The van der Waals surface area contributed by atoms with Crippen LogP contribution < -0.4 is 15.4 Å². The number of amides is 1. The minimum atomic E-state index is -0.225. The fraction of sp³-hybridized carbons (Fsp3) is 0.368. The van der Waals surface area contributed by atoms with Gasteiger partial charge in [-0.05, 0) is 24.3 Å². The van der Waals surface area contributed by atoms with E-state index in [4.69, 9.17) is 9.47 Å². The van der Waals surface area contributed by atoms with Crippen molar-refractivity contribution in [1.29, 1.82) is 0 Å². The molecule has 138 valence electrons. The van der Waals surface area contributed by atoms with E-state index < -0.39 is 0 Å². The fourth-order valence-electron chi connectivity index (χ4n) is 2.77. The largest absolute Gasteiger partial charge is 0.496 e. The summed E-state index contributed by atoms with van der Waals surface area (Å²) in [6.45, 7) is 5.33. The van der Waals surface area contributed by atoms with Crippen LogP contribution in [-0.2, 0) is 4.74 Å².